The summed E-state index contributed by atoms with van der Waals surface area (Å²) in [7, 11) is 2.11. The summed E-state index contributed by atoms with van der Waals surface area (Å²) in [5.41, 5.74) is 4.15. The van der Waals surface area contributed by atoms with E-state index in [-0.39, 0.29) is 25.5 Å². The Balaban J connectivity index is 1.48. The van der Waals surface area contributed by atoms with Gasteiger partial charge in [-0.05, 0) is 48.7 Å². The van der Waals surface area contributed by atoms with Crippen molar-refractivity contribution in [3.8, 4) is 0 Å². The molecule has 2 amide bonds. The summed E-state index contributed by atoms with van der Waals surface area (Å²) in [6, 6.07) is 14.6. The molecule has 3 N–H and O–H groups in total. The van der Waals surface area contributed by atoms with Crippen LogP contribution in [0.4, 0.5) is 10.5 Å². The molecule has 0 spiro atoms. The molecule has 0 aliphatic carbocycles. The van der Waals surface area contributed by atoms with Crippen molar-refractivity contribution >= 4 is 17.7 Å². The van der Waals surface area contributed by atoms with Gasteiger partial charge in [0.1, 0.15) is 6.61 Å². The largest absolute Gasteiger partial charge is 0.445 e. The highest BCUT2D eigenvalue weighted by molar-refractivity contribution is 5.91. The number of ether oxygens (including phenoxy) is 1. The summed E-state index contributed by atoms with van der Waals surface area (Å²) in [6.45, 7) is 1.79. The van der Waals surface area contributed by atoms with Gasteiger partial charge in [-0.1, -0.05) is 36.4 Å². The molecule has 2 aromatic carbocycles. The molecule has 0 fully saturated rings. The number of aliphatic hydroxyl groups is 1. The van der Waals surface area contributed by atoms with E-state index >= 15 is 0 Å². The number of nitrogens with zero attached hydrogens (tertiary/aromatic N) is 1. The highest BCUT2D eigenvalue weighted by atomic mass is 16.5. The fourth-order valence-corrected chi connectivity index (χ4v) is 3.44. The van der Waals surface area contributed by atoms with Gasteiger partial charge in [-0.2, -0.15) is 0 Å². The van der Waals surface area contributed by atoms with E-state index in [1.165, 1.54) is 11.1 Å². The van der Waals surface area contributed by atoms with Crippen molar-refractivity contribution in [2.75, 3.05) is 32.1 Å². The van der Waals surface area contributed by atoms with E-state index in [0.29, 0.717) is 0 Å². The number of rotatable bonds is 7. The number of aliphatic hydroxyl groups excluding tert-OH is 1. The van der Waals surface area contributed by atoms with Gasteiger partial charge in [0.05, 0.1) is 12.6 Å². The molecule has 0 saturated carbocycles. The molecule has 0 unspecified atom stereocenters. The third-order valence-electron chi connectivity index (χ3n) is 5.20. The third kappa shape index (κ3) is 6.57. The molecule has 1 atom stereocenters. The number of anilines is 1. The lowest BCUT2D eigenvalue weighted by Gasteiger charge is -2.16. The second-order valence-corrected chi connectivity index (χ2v) is 7.62. The molecule has 0 aromatic heterocycles. The molecule has 0 radical (unpaired) electrons. The average Bonchev–Trinajstić information content (AvgIpc) is 2.94. The van der Waals surface area contributed by atoms with Gasteiger partial charge >= 0.3 is 6.09 Å². The standard InChI is InChI=1S/C23H29N3O4/c1-26-11-9-18-7-8-20(13-19(18)10-12-26)24-22(28)14-21(15-27)25-23(29)30-16-17-5-3-2-4-6-17/h2-8,13,21,27H,9-12,14-16H2,1H3,(H,24,28)(H,25,29)/t21-/m1/s1. The molecule has 3 rings (SSSR count). The van der Waals surface area contributed by atoms with E-state index in [1.807, 2.05) is 42.5 Å². The second kappa shape index (κ2) is 10.8. The van der Waals surface area contributed by atoms with E-state index in [1.54, 1.807) is 0 Å². The number of alkyl carbamates (subject to hydrolysis) is 1. The molecule has 1 aliphatic heterocycles. The molecule has 7 nitrogen and oxygen atoms in total. The summed E-state index contributed by atoms with van der Waals surface area (Å²) < 4.78 is 5.15. The van der Waals surface area contributed by atoms with Crippen LogP contribution in [0.15, 0.2) is 48.5 Å². The Hall–Kier alpha value is -2.90. The Kier molecular flexibility index (Phi) is 7.82. The van der Waals surface area contributed by atoms with Crippen molar-refractivity contribution in [3.05, 3.63) is 65.2 Å². The van der Waals surface area contributed by atoms with Gasteiger partial charge in [-0.25, -0.2) is 4.79 Å². The molecule has 1 heterocycles. The lowest BCUT2D eigenvalue weighted by Crippen LogP contribution is -2.40. The molecular weight excluding hydrogens is 382 g/mol. The van der Waals surface area contributed by atoms with Crippen LogP contribution in [0, 0.1) is 0 Å². The smallest absolute Gasteiger partial charge is 0.407 e. The maximum Gasteiger partial charge on any atom is 0.407 e. The van der Waals surface area contributed by atoms with E-state index < -0.39 is 12.1 Å². The average molecular weight is 412 g/mol. The van der Waals surface area contributed by atoms with Crippen molar-refractivity contribution < 1.29 is 19.4 Å². The summed E-state index contributed by atoms with van der Waals surface area (Å²) >= 11 is 0. The first-order valence-corrected chi connectivity index (χ1v) is 10.2. The minimum atomic E-state index is -0.720. The van der Waals surface area contributed by atoms with Crippen molar-refractivity contribution in [2.45, 2.75) is 31.9 Å². The predicted molar refractivity (Wildman–Crippen MR) is 115 cm³/mol. The van der Waals surface area contributed by atoms with Gasteiger partial charge in [0.25, 0.3) is 0 Å². The lowest BCUT2D eigenvalue weighted by molar-refractivity contribution is -0.116. The Morgan fingerprint density at radius 1 is 1.10 bits per heavy atom. The SMILES string of the molecule is CN1CCc2ccc(NC(=O)C[C@H](CO)NC(=O)OCc3ccccc3)cc2CC1. The Morgan fingerprint density at radius 2 is 1.83 bits per heavy atom. The fourth-order valence-electron chi connectivity index (χ4n) is 3.44. The van der Waals surface area contributed by atoms with Gasteiger partial charge in [0, 0.05) is 25.2 Å². The van der Waals surface area contributed by atoms with Crippen LogP contribution in [0.2, 0.25) is 0 Å². The molecule has 0 saturated heterocycles. The monoisotopic (exact) mass is 411 g/mol. The maximum absolute atomic E-state index is 12.4. The number of carbonyl (C=O) groups is 2. The topological polar surface area (TPSA) is 90.9 Å². The first kappa shape index (κ1) is 21.8. The molecule has 160 valence electrons. The van der Waals surface area contributed by atoms with Gasteiger partial charge in [0.2, 0.25) is 5.91 Å². The number of likely N-dealkylation sites (N-methyl/N-ethyl adjacent to an activating group) is 1. The minimum Gasteiger partial charge on any atom is -0.445 e. The van der Waals surface area contributed by atoms with Crippen molar-refractivity contribution in [1.29, 1.82) is 0 Å². The lowest BCUT2D eigenvalue weighted by atomic mass is 10.0. The summed E-state index contributed by atoms with van der Waals surface area (Å²) in [5.74, 6) is -0.275. The van der Waals surface area contributed by atoms with Crippen LogP contribution < -0.4 is 10.6 Å². The number of carbonyl (C=O) groups excluding carboxylic acids is 2. The molecule has 0 bridgehead atoms. The molecule has 30 heavy (non-hydrogen) atoms. The van der Waals surface area contributed by atoms with Crippen LogP contribution in [0.1, 0.15) is 23.1 Å². The van der Waals surface area contributed by atoms with Crippen molar-refractivity contribution in [3.63, 3.8) is 0 Å². The van der Waals surface area contributed by atoms with Crippen LogP contribution in [0.5, 0.6) is 0 Å². The molecule has 7 heteroatoms. The Bertz CT molecular complexity index is 857. The number of benzene rings is 2. The summed E-state index contributed by atoms with van der Waals surface area (Å²) in [5, 5.41) is 14.9. The predicted octanol–water partition coefficient (Wildman–Crippen LogP) is 2.33. The van der Waals surface area contributed by atoms with Crippen molar-refractivity contribution in [2.24, 2.45) is 0 Å². The number of hydrogen-bond donors (Lipinski definition) is 3. The Labute approximate surface area is 177 Å². The van der Waals surface area contributed by atoms with E-state index in [4.69, 9.17) is 4.74 Å². The second-order valence-electron chi connectivity index (χ2n) is 7.62. The van der Waals surface area contributed by atoms with Crippen LogP contribution in [0.3, 0.4) is 0 Å². The molecule has 2 aromatic rings. The third-order valence-corrected chi connectivity index (χ3v) is 5.20. The maximum atomic E-state index is 12.4. The summed E-state index contributed by atoms with van der Waals surface area (Å²) in [6.07, 6.45) is 1.24. The van der Waals surface area contributed by atoms with Gasteiger partial charge in [0.15, 0.2) is 0 Å². The normalized spacial score (nSPS) is 14.9. The number of fused-ring (bicyclic) bond motifs is 1. The van der Waals surface area contributed by atoms with Crippen LogP contribution >= 0.6 is 0 Å². The number of amides is 2. The van der Waals surface area contributed by atoms with E-state index in [0.717, 1.165) is 37.2 Å². The highest BCUT2D eigenvalue weighted by Crippen LogP contribution is 2.20. The molecule has 1 aliphatic rings. The van der Waals surface area contributed by atoms with Gasteiger partial charge in [-0.3, -0.25) is 4.79 Å². The number of hydrogen-bond acceptors (Lipinski definition) is 5. The molecular formula is C23H29N3O4. The van der Waals surface area contributed by atoms with Crippen LogP contribution in [-0.2, 0) is 29.0 Å². The van der Waals surface area contributed by atoms with Crippen LogP contribution in [0.25, 0.3) is 0 Å². The van der Waals surface area contributed by atoms with Crippen LogP contribution in [-0.4, -0.2) is 54.8 Å². The fraction of sp³-hybridized carbons (Fsp3) is 0.391. The zero-order valence-electron chi connectivity index (χ0n) is 17.3. The summed E-state index contributed by atoms with van der Waals surface area (Å²) in [4.78, 5) is 26.7. The quantitative estimate of drug-likeness (QED) is 0.651. The first-order valence-electron chi connectivity index (χ1n) is 10.2. The van der Waals surface area contributed by atoms with Gasteiger partial charge in [-0.15, -0.1) is 0 Å². The van der Waals surface area contributed by atoms with Crippen molar-refractivity contribution in [1.82, 2.24) is 10.2 Å². The van der Waals surface area contributed by atoms with Gasteiger partial charge < -0.3 is 25.4 Å². The minimum absolute atomic E-state index is 0.0449. The first-order chi connectivity index (χ1) is 14.5. The number of nitrogens with one attached hydrogen (secondary N) is 2. The zero-order chi connectivity index (χ0) is 21.3. The van der Waals surface area contributed by atoms with E-state index in [2.05, 4.69) is 28.6 Å². The highest BCUT2D eigenvalue weighted by Gasteiger charge is 2.18. The van der Waals surface area contributed by atoms with E-state index in [9.17, 15) is 14.7 Å². The Morgan fingerprint density at radius 3 is 2.57 bits per heavy atom. The zero-order valence-corrected chi connectivity index (χ0v) is 17.3.